The summed E-state index contributed by atoms with van der Waals surface area (Å²) in [5, 5.41) is 64.0. The number of ether oxygens (including phenoxy) is 1. The second-order valence-corrected chi connectivity index (χ2v) is 8.15. The zero-order valence-electron chi connectivity index (χ0n) is 18.1. The van der Waals surface area contributed by atoms with Crippen molar-refractivity contribution in [3.63, 3.8) is 0 Å². The molecule has 0 aliphatic rings. The van der Waals surface area contributed by atoms with E-state index in [1.54, 1.807) is 18.2 Å². The summed E-state index contributed by atoms with van der Waals surface area (Å²) in [6.07, 6.45) is -4.29. The monoisotopic (exact) mass is 430 g/mol. The van der Waals surface area contributed by atoms with E-state index in [-0.39, 0.29) is 33.9 Å². The van der Waals surface area contributed by atoms with Crippen LogP contribution in [-0.4, -0.2) is 56.1 Å². The number of hydrogen-bond donors (Lipinski definition) is 6. The standard InChI is InChI=1S/C24H30O7/c1-5-11(2)16-7-6-13-8-14-9-15(24(31-4)23(30)20(27)12(3)25)10-17(26)18(14)22(29)19(13)21(16)28/h6-12,20,23-30H,5H2,1-4H3. The van der Waals surface area contributed by atoms with Crippen LogP contribution in [0.4, 0.5) is 0 Å². The van der Waals surface area contributed by atoms with E-state index in [4.69, 9.17) is 4.74 Å². The summed E-state index contributed by atoms with van der Waals surface area (Å²) in [6, 6.07) is 8.30. The van der Waals surface area contributed by atoms with Gasteiger partial charge in [-0.05, 0) is 59.4 Å². The Morgan fingerprint density at radius 3 is 2.10 bits per heavy atom. The Labute approximate surface area is 180 Å². The first-order chi connectivity index (χ1) is 14.6. The first-order valence-electron chi connectivity index (χ1n) is 10.3. The maximum Gasteiger partial charge on any atom is 0.138 e. The Morgan fingerprint density at radius 2 is 1.52 bits per heavy atom. The van der Waals surface area contributed by atoms with Crippen molar-refractivity contribution in [3.05, 3.63) is 41.5 Å². The zero-order valence-corrected chi connectivity index (χ0v) is 18.1. The highest BCUT2D eigenvalue weighted by Gasteiger charge is 2.31. The van der Waals surface area contributed by atoms with E-state index in [1.807, 2.05) is 19.9 Å². The highest BCUT2D eigenvalue weighted by molar-refractivity contribution is 6.10. The van der Waals surface area contributed by atoms with Gasteiger partial charge in [-0.15, -0.1) is 0 Å². The van der Waals surface area contributed by atoms with Crippen molar-refractivity contribution in [2.45, 2.75) is 57.5 Å². The van der Waals surface area contributed by atoms with Gasteiger partial charge in [0.05, 0.1) is 16.9 Å². The number of phenols is 3. The maximum atomic E-state index is 10.9. The lowest BCUT2D eigenvalue weighted by molar-refractivity contribution is -0.112. The average Bonchev–Trinajstić information content (AvgIpc) is 2.72. The van der Waals surface area contributed by atoms with Gasteiger partial charge < -0.3 is 35.4 Å². The average molecular weight is 430 g/mol. The van der Waals surface area contributed by atoms with Crippen LogP contribution in [0.3, 0.4) is 0 Å². The minimum Gasteiger partial charge on any atom is -0.507 e. The van der Waals surface area contributed by atoms with E-state index in [0.29, 0.717) is 16.3 Å². The molecular weight excluding hydrogens is 400 g/mol. The Hall–Kier alpha value is -2.58. The molecule has 0 radical (unpaired) electrons. The van der Waals surface area contributed by atoms with Crippen molar-refractivity contribution in [2.75, 3.05) is 7.11 Å². The molecule has 0 aromatic heterocycles. The molecule has 3 aromatic carbocycles. The van der Waals surface area contributed by atoms with Gasteiger partial charge in [0, 0.05) is 7.11 Å². The third-order valence-corrected chi connectivity index (χ3v) is 6.08. The number of aliphatic hydroxyl groups is 3. The number of methoxy groups -OCH3 is 1. The molecule has 5 unspecified atom stereocenters. The van der Waals surface area contributed by atoms with Gasteiger partial charge in [0.25, 0.3) is 0 Å². The fourth-order valence-electron chi connectivity index (χ4n) is 4.05. The molecular formula is C24H30O7. The molecule has 0 bridgehead atoms. The first-order valence-corrected chi connectivity index (χ1v) is 10.3. The lowest BCUT2D eigenvalue weighted by atomic mass is 9.91. The molecule has 0 aliphatic carbocycles. The fraction of sp³-hybridized carbons (Fsp3) is 0.417. The van der Waals surface area contributed by atoms with Crippen LogP contribution in [0.2, 0.25) is 0 Å². The van der Waals surface area contributed by atoms with E-state index in [9.17, 15) is 30.6 Å². The van der Waals surface area contributed by atoms with Gasteiger partial charge in [0.1, 0.15) is 35.6 Å². The molecule has 7 heteroatoms. The van der Waals surface area contributed by atoms with Gasteiger partial charge in [-0.25, -0.2) is 0 Å². The Bertz CT molecular complexity index is 1090. The number of aromatic hydroxyl groups is 3. The van der Waals surface area contributed by atoms with Crippen molar-refractivity contribution in [1.82, 2.24) is 0 Å². The van der Waals surface area contributed by atoms with Crippen LogP contribution in [0.25, 0.3) is 21.5 Å². The molecule has 6 N–H and O–H groups in total. The van der Waals surface area contributed by atoms with E-state index < -0.39 is 24.4 Å². The van der Waals surface area contributed by atoms with Gasteiger partial charge in [0.15, 0.2) is 0 Å². The summed E-state index contributed by atoms with van der Waals surface area (Å²) < 4.78 is 5.33. The molecule has 0 amide bonds. The second kappa shape index (κ2) is 8.88. The Balaban J connectivity index is 2.22. The van der Waals surface area contributed by atoms with Gasteiger partial charge >= 0.3 is 0 Å². The van der Waals surface area contributed by atoms with Gasteiger partial charge in [0.2, 0.25) is 0 Å². The molecule has 5 atom stereocenters. The minimum atomic E-state index is -1.45. The smallest absolute Gasteiger partial charge is 0.138 e. The van der Waals surface area contributed by atoms with Gasteiger partial charge in [-0.2, -0.15) is 0 Å². The molecule has 0 saturated carbocycles. The zero-order chi connectivity index (χ0) is 23.0. The molecule has 3 aromatic rings. The van der Waals surface area contributed by atoms with Crippen molar-refractivity contribution in [2.24, 2.45) is 0 Å². The summed E-state index contributed by atoms with van der Waals surface area (Å²) in [6.45, 7) is 5.35. The highest BCUT2D eigenvalue weighted by Crippen LogP contribution is 2.46. The van der Waals surface area contributed by atoms with Crippen LogP contribution < -0.4 is 0 Å². The molecule has 0 saturated heterocycles. The van der Waals surface area contributed by atoms with Crippen molar-refractivity contribution >= 4 is 21.5 Å². The summed E-state index contributed by atoms with van der Waals surface area (Å²) in [5.41, 5.74) is 1.08. The van der Waals surface area contributed by atoms with Crippen LogP contribution in [0, 0.1) is 0 Å². The normalized spacial score (nSPS) is 16.9. The van der Waals surface area contributed by atoms with Crippen LogP contribution in [0.15, 0.2) is 30.3 Å². The summed E-state index contributed by atoms with van der Waals surface area (Å²) in [7, 11) is 1.34. The summed E-state index contributed by atoms with van der Waals surface area (Å²) >= 11 is 0. The van der Waals surface area contributed by atoms with Crippen molar-refractivity contribution < 1.29 is 35.4 Å². The maximum absolute atomic E-state index is 10.9. The molecule has 3 rings (SSSR count). The predicted molar refractivity (Wildman–Crippen MR) is 119 cm³/mol. The molecule has 0 spiro atoms. The number of aliphatic hydroxyl groups excluding tert-OH is 3. The lowest BCUT2D eigenvalue weighted by Gasteiger charge is -2.28. The van der Waals surface area contributed by atoms with Crippen molar-refractivity contribution in [3.8, 4) is 17.2 Å². The van der Waals surface area contributed by atoms with E-state index in [2.05, 4.69) is 0 Å². The molecule has 168 valence electrons. The number of phenolic OH excluding ortho intramolecular Hbond substituents is 3. The summed E-state index contributed by atoms with van der Waals surface area (Å²) in [5.74, 6) is -0.418. The van der Waals surface area contributed by atoms with E-state index in [1.165, 1.54) is 20.1 Å². The van der Waals surface area contributed by atoms with Crippen LogP contribution in [-0.2, 0) is 4.74 Å². The number of hydrogen-bond acceptors (Lipinski definition) is 7. The number of benzene rings is 3. The van der Waals surface area contributed by atoms with Crippen molar-refractivity contribution in [1.29, 1.82) is 0 Å². The molecule has 0 fully saturated rings. The number of rotatable bonds is 7. The Morgan fingerprint density at radius 1 is 0.839 bits per heavy atom. The highest BCUT2D eigenvalue weighted by atomic mass is 16.5. The quantitative estimate of drug-likeness (QED) is 0.317. The Kier molecular flexibility index (Phi) is 6.62. The number of fused-ring (bicyclic) bond motifs is 2. The molecule has 7 nitrogen and oxygen atoms in total. The SMILES string of the molecule is CCC(C)c1ccc2cc3cc(C(OC)C(O)C(O)C(C)O)cc(O)c3c(O)c2c1O. The van der Waals surface area contributed by atoms with Crippen LogP contribution in [0.5, 0.6) is 17.2 Å². The van der Waals surface area contributed by atoms with E-state index in [0.717, 1.165) is 12.0 Å². The fourth-order valence-corrected chi connectivity index (χ4v) is 4.05. The third-order valence-electron chi connectivity index (χ3n) is 6.08. The van der Waals surface area contributed by atoms with Crippen LogP contribution >= 0.6 is 0 Å². The second-order valence-electron chi connectivity index (χ2n) is 8.15. The van der Waals surface area contributed by atoms with Gasteiger partial charge in [-0.1, -0.05) is 26.0 Å². The topological polar surface area (TPSA) is 131 Å². The lowest BCUT2D eigenvalue weighted by Crippen LogP contribution is -2.40. The predicted octanol–water partition coefficient (Wildman–Crippen LogP) is 3.41. The largest absolute Gasteiger partial charge is 0.507 e. The molecule has 0 heterocycles. The third kappa shape index (κ3) is 4.02. The first kappa shape index (κ1) is 23.1. The summed E-state index contributed by atoms with van der Waals surface area (Å²) in [4.78, 5) is 0. The molecule has 31 heavy (non-hydrogen) atoms. The molecule has 0 aliphatic heterocycles. The van der Waals surface area contributed by atoms with Gasteiger partial charge in [-0.3, -0.25) is 0 Å². The minimum absolute atomic E-state index is 0.0139. The van der Waals surface area contributed by atoms with Crippen LogP contribution in [0.1, 0.15) is 50.3 Å². The van der Waals surface area contributed by atoms with E-state index >= 15 is 0 Å².